The summed E-state index contributed by atoms with van der Waals surface area (Å²) < 4.78 is 0. The molecule has 2 heterocycles. The number of rotatable bonds is 5. The van der Waals surface area contributed by atoms with Crippen LogP contribution in [0.4, 0.5) is 0 Å². The number of hydrogen-bond donors (Lipinski definition) is 2. The minimum absolute atomic E-state index is 0.0213. The van der Waals surface area contributed by atoms with E-state index >= 15 is 0 Å². The number of nitrogens with zero attached hydrogens (tertiary/aromatic N) is 1. The third-order valence-corrected chi connectivity index (χ3v) is 5.26. The molecule has 0 aromatic heterocycles. The minimum atomic E-state index is 0.0213. The van der Waals surface area contributed by atoms with Gasteiger partial charge in [-0.15, -0.1) is 0 Å². The maximum atomic E-state index is 12.4. The summed E-state index contributed by atoms with van der Waals surface area (Å²) in [4.78, 5) is 14.9. The van der Waals surface area contributed by atoms with Gasteiger partial charge < -0.3 is 10.6 Å². The molecular weight excluding hydrogens is 286 g/mol. The molecule has 2 unspecified atom stereocenters. The Balaban J connectivity index is 1.45. The summed E-state index contributed by atoms with van der Waals surface area (Å²) in [6.07, 6.45) is 4.50. The van der Waals surface area contributed by atoms with Crippen molar-refractivity contribution in [1.82, 2.24) is 15.5 Å². The van der Waals surface area contributed by atoms with E-state index in [-0.39, 0.29) is 18.0 Å². The van der Waals surface area contributed by atoms with Gasteiger partial charge in [0.25, 0.3) is 0 Å². The molecule has 2 aliphatic rings. The van der Waals surface area contributed by atoms with Gasteiger partial charge >= 0.3 is 0 Å². The molecule has 0 saturated carbocycles. The van der Waals surface area contributed by atoms with Gasteiger partial charge in [0.1, 0.15) is 0 Å². The van der Waals surface area contributed by atoms with Gasteiger partial charge in [-0.3, -0.25) is 9.69 Å². The van der Waals surface area contributed by atoms with Crippen molar-refractivity contribution in [2.45, 2.75) is 51.2 Å². The topological polar surface area (TPSA) is 44.4 Å². The van der Waals surface area contributed by atoms with Crippen LogP contribution in [0.1, 0.15) is 38.2 Å². The molecule has 126 valence electrons. The lowest BCUT2D eigenvalue weighted by atomic mass is 9.99. The Morgan fingerprint density at radius 2 is 2.13 bits per heavy atom. The zero-order valence-electron chi connectivity index (χ0n) is 14.1. The van der Waals surface area contributed by atoms with Crippen LogP contribution in [0.25, 0.3) is 0 Å². The van der Waals surface area contributed by atoms with E-state index in [1.54, 1.807) is 0 Å². The van der Waals surface area contributed by atoms with E-state index in [0.29, 0.717) is 5.92 Å². The van der Waals surface area contributed by atoms with Crippen LogP contribution in [-0.4, -0.2) is 42.5 Å². The number of piperidine rings is 1. The third kappa shape index (κ3) is 4.55. The molecule has 0 aliphatic carbocycles. The lowest BCUT2D eigenvalue weighted by Crippen LogP contribution is -2.50. The Morgan fingerprint density at radius 1 is 1.30 bits per heavy atom. The highest BCUT2D eigenvalue weighted by molar-refractivity contribution is 5.82. The molecular formula is C19H29N3O. The van der Waals surface area contributed by atoms with Gasteiger partial charge in [0.15, 0.2) is 0 Å². The van der Waals surface area contributed by atoms with Crippen molar-refractivity contribution < 1.29 is 4.79 Å². The highest BCUT2D eigenvalue weighted by atomic mass is 16.2. The van der Waals surface area contributed by atoms with Crippen LogP contribution in [-0.2, 0) is 11.3 Å². The highest BCUT2D eigenvalue weighted by Gasteiger charge is 2.29. The smallest absolute Gasteiger partial charge is 0.237 e. The van der Waals surface area contributed by atoms with Gasteiger partial charge in [0, 0.05) is 19.1 Å². The fourth-order valence-corrected chi connectivity index (χ4v) is 3.77. The predicted molar refractivity (Wildman–Crippen MR) is 93.1 cm³/mol. The van der Waals surface area contributed by atoms with Gasteiger partial charge in [0.05, 0.1) is 6.04 Å². The summed E-state index contributed by atoms with van der Waals surface area (Å²) in [7, 11) is 0. The van der Waals surface area contributed by atoms with Crippen molar-refractivity contribution in [3.05, 3.63) is 35.9 Å². The third-order valence-electron chi connectivity index (χ3n) is 5.26. The predicted octanol–water partition coefficient (Wildman–Crippen LogP) is 2.16. The summed E-state index contributed by atoms with van der Waals surface area (Å²) in [6, 6.07) is 10.9. The highest BCUT2D eigenvalue weighted by Crippen LogP contribution is 2.22. The van der Waals surface area contributed by atoms with Gasteiger partial charge in [-0.25, -0.2) is 0 Å². The zero-order chi connectivity index (χ0) is 16.1. The van der Waals surface area contributed by atoms with E-state index in [2.05, 4.69) is 52.8 Å². The molecule has 1 aromatic rings. The number of hydrogen-bond acceptors (Lipinski definition) is 3. The summed E-state index contributed by atoms with van der Waals surface area (Å²) in [5.41, 5.74) is 1.37. The molecule has 2 fully saturated rings. The summed E-state index contributed by atoms with van der Waals surface area (Å²) in [5.74, 6) is 0.755. The molecule has 2 saturated heterocycles. The van der Waals surface area contributed by atoms with E-state index in [4.69, 9.17) is 0 Å². The van der Waals surface area contributed by atoms with Crippen LogP contribution < -0.4 is 10.6 Å². The number of amides is 1. The Kier molecular flexibility index (Phi) is 5.68. The van der Waals surface area contributed by atoms with Crippen LogP contribution in [0.5, 0.6) is 0 Å². The summed E-state index contributed by atoms with van der Waals surface area (Å²) >= 11 is 0. The molecule has 0 bridgehead atoms. The normalized spacial score (nSPS) is 26.8. The lowest BCUT2D eigenvalue weighted by Gasteiger charge is -2.27. The zero-order valence-corrected chi connectivity index (χ0v) is 14.1. The molecule has 4 nitrogen and oxygen atoms in total. The first-order chi connectivity index (χ1) is 11.2. The van der Waals surface area contributed by atoms with E-state index in [1.807, 2.05) is 0 Å². The minimum Gasteiger partial charge on any atom is -0.352 e. The van der Waals surface area contributed by atoms with Crippen LogP contribution >= 0.6 is 0 Å². The van der Waals surface area contributed by atoms with Crippen molar-refractivity contribution in [2.24, 2.45) is 5.92 Å². The van der Waals surface area contributed by atoms with E-state index in [1.165, 1.54) is 18.4 Å². The molecule has 2 aliphatic heterocycles. The maximum Gasteiger partial charge on any atom is 0.237 e. The van der Waals surface area contributed by atoms with Crippen LogP contribution in [0, 0.1) is 5.92 Å². The van der Waals surface area contributed by atoms with Gasteiger partial charge in [-0.1, -0.05) is 36.8 Å². The number of carbonyl (C=O) groups excluding carboxylic acids is 1. The lowest BCUT2D eigenvalue weighted by molar-refractivity contribution is -0.124. The van der Waals surface area contributed by atoms with Crippen LogP contribution in [0.15, 0.2) is 30.3 Å². The Morgan fingerprint density at radius 3 is 2.87 bits per heavy atom. The molecule has 2 N–H and O–H groups in total. The van der Waals surface area contributed by atoms with Gasteiger partial charge in [-0.05, 0) is 50.8 Å². The van der Waals surface area contributed by atoms with Crippen molar-refractivity contribution >= 4 is 5.91 Å². The Labute approximate surface area is 139 Å². The molecule has 0 spiro atoms. The average molecular weight is 315 g/mol. The second-order valence-corrected chi connectivity index (χ2v) is 7.07. The van der Waals surface area contributed by atoms with Crippen molar-refractivity contribution in [2.75, 3.05) is 19.6 Å². The average Bonchev–Trinajstić information content (AvgIpc) is 3.05. The summed E-state index contributed by atoms with van der Waals surface area (Å²) in [6.45, 7) is 6.36. The van der Waals surface area contributed by atoms with E-state index in [0.717, 1.165) is 39.0 Å². The summed E-state index contributed by atoms with van der Waals surface area (Å²) in [5, 5.41) is 6.58. The number of benzene rings is 1. The molecule has 1 aromatic carbocycles. The van der Waals surface area contributed by atoms with Crippen molar-refractivity contribution in [3.8, 4) is 0 Å². The number of nitrogens with one attached hydrogen (secondary N) is 2. The standard InChI is InChI=1S/C19H29N3O/c1-15(21-19(23)18-9-5-6-11-20-18)17-10-12-22(14-17)13-16-7-3-2-4-8-16/h2-4,7-8,15,17-18,20H,5-6,9-14H2,1H3,(H,21,23)/t15?,17?,18-/m1/s1. The van der Waals surface area contributed by atoms with E-state index in [9.17, 15) is 4.79 Å². The number of likely N-dealkylation sites (tertiary alicyclic amines) is 1. The quantitative estimate of drug-likeness (QED) is 0.875. The molecule has 3 atom stereocenters. The van der Waals surface area contributed by atoms with E-state index < -0.39 is 0 Å². The molecule has 23 heavy (non-hydrogen) atoms. The SMILES string of the molecule is CC(NC(=O)[C@H]1CCCCN1)C1CCN(Cc2ccccc2)C1. The maximum absolute atomic E-state index is 12.4. The second-order valence-electron chi connectivity index (χ2n) is 7.07. The second kappa shape index (κ2) is 7.93. The number of carbonyl (C=O) groups is 1. The molecule has 0 radical (unpaired) electrons. The van der Waals surface area contributed by atoms with Gasteiger partial charge in [-0.2, -0.15) is 0 Å². The molecule has 1 amide bonds. The van der Waals surface area contributed by atoms with Crippen LogP contribution in [0.3, 0.4) is 0 Å². The fourth-order valence-electron chi connectivity index (χ4n) is 3.77. The fraction of sp³-hybridized carbons (Fsp3) is 0.632. The van der Waals surface area contributed by atoms with Crippen molar-refractivity contribution in [3.63, 3.8) is 0 Å². The largest absolute Gasteiger partial charge is 0.352 e. The molecule has 3 rings (SSSR count). The Hall–Kier alpha value is -1.39. The first kappa shape index (κ1) is 16.5. The first-order valence-corrected chi connectivity index (χ1v) is 9.02. The first-order valence-electron chi connectivity index (χ1n) is 9.02. The van der Waals surface area contributed by atoms with Crippen molar-refractivity contribution in [1.29, 1.82) is 0 Å². The van der Waals surface area contributed by atoms with Gasteiger partial charge in [0.2, 0.25) is 5.91 Å². The molecule has 4 heteroatoms. The van der Waals surface area contributed by atoms with Crippen LogP contribution in [0.2, 0.25) is 0 Å². The monoisotopic (exact) mass is 315 g/mol. The Bertz CT molecular complexity index is 499.